The molecule has 3 rings (SSSR count). The van der Waals surface area contributed by atoms with Gasteiger partial charge in [-0.05, 0) is 49.6 Å². The van der Waals surface area contributed by atoms with Crippen molar-refractivity contribution in [2.45, 2.75) is 25.9 Å². The average Bonchev–Trinajstić information content (AvgIpc) is 3.10. The van der Waals surface area contributed by atoms with Crippen LogP contribution in [0.5, 0.6) is 0 Å². The van der Waals surface area contributed by atoms with Gasteiger partial charge in [0.2, 0.25) is 0 Å². The van der Waals surface area contributed by atoms with Gasteiger partial charge in [-0.3, -0.25) is 4.79 Å². The van der Waals surface area contributed by atoms with Gasteiger partial charge in [-0.25, -0.2) is 4.98 Å². The molecule has 1 aromatic carbocycles. The number of benzene rings is 1. The Bertz CT molecular complexity index is 713. The molecular formula is C18H20BrN3O2. The molecule has 6 heteroatoms. The average molecular weight is 390 g/mol. The summed E-state index contributed by atoms with van der Waals surface area (Å²) in [7, 11) is 0. The van der Waals surface area contributed by atoms with E-state index in [9.17, 15) is 4.79 Å². The standard InChI is InChI=1S/C18H20BrN3O2/c1-12-4-5-13(9-16(12)19)22-14-6-7-17(20-10-14)18(23)21-11-15-3-2-8-24-15/h4-7,9-10,15,22H,2-3,8,11H2,1H3,(H,21,23). The lowest BCUT2D eigenvalue weighted by molar-refractivity contribution is 0.0854. The fraction of sp³-hybridized carbons (Fsp3) is 0.333. The predicted octanol–water partition coefficient (Wildman–Crippen LogP) is 3.80. The number of pyridine rings is 1. The molecule has 2 heterocycles. The molecule has 1 aliphatic heterocycles. The second-order valence-corrected chi connectivity index (χ2v) is 6.72. The molecule has 0 saturated carbocycles. The van der Waals surface area contributed by atoms with Gasteiger partial charge < -0.3 is 15.4 Å². The Morgan fingerprint density at radius 3 is 2.83 bits per heavy atom. The number of hydrogen-bond acceptors (Lipinski definition) is 4. The van der Waals surface area contributed by atoms with Crippen LogP contribution in [0.1, 0.15) is 28.9 Å². The van der Waals surface area contributed by atoms with Gasteiger partial charge in [0.25, 0.3) is 5.91 Å². The molecule has 24 heavy (non-hydrogen) atoms. The number of aromatic nitrogens is 1. The number of halogens is 1. The SMILES string of the molecule is Cc1ccc(Nc2ccc(C(=O)NCC3CCCO3)nc2)cc1Br. The minimum atomic E-state index is -0.171. The lowest BCUT2D eigenvalue weighted by Crippen LogP contribution is -2.32. The molecule has 1 aliphatic rings. The number of nitrogens with zero attached hydrogens (tertiary/aromatic N) is 1. The highest BCUT2D eigenvalue weighted by atomic mass is 79.9. The van der Waals surface area contributed by atoms with Crippen molar-refractivity contribution >= 4 is 33.2 Å². The molecule has 1 aromatic heterocycles. The summed E-state index contributed by atoms with van der Waals surface area (Å²) >= 11 is 3.52. The first-order valence-corrected chi connectivity index (χ1v) is 8.80. The highest BCUT2D eigenvalue weighted by Gasteiger charge is 2.17. The van der Waals surface area contributed by atoms with E-state index in [0.717, 1.165) is 35.3 Å². The van der Waals surface area contributed by atoms with Crippen LogP contribution in [0, 0.1) is 6.92 Å². The van der Waals surface area contributed by atoms with Crippen LogP contribution in [-0.4, -0.2) is 30.1 Å². The highest BCUT2D eigenvalue weighted by molar-refractivity contribution is 9.10. The third-order valence-electron chi connectivity index (χ3n) is 3.97. The molecule has 1 atom stereocenters. The van der Waals surface area contributed by atoms with E-state index in [1.54, 1.807) is 12.3 Å². The van der Waals surface area contributed by atoms with Crippen molar-refractivity contribution in [3.63, 3.8) is 0 Å². The molecule has 1 unspecified atom stereocenters. The molecule has 0 bridgehead atoms. The monoisotopic (exact) mass is 389 g/mol. The third kappa shape index (κ3) is 4.33. The lowest BCUT2D eigenvalue weighted by Gasteiger charge is -2.11. The van der Waals surface area contributed by atoms with Crippen LogP contribution in [0.25, 0.3) is 0 Å². The predicted molar refractivity (Wildman–Crippen MR) is 97.7 cm³/mol. The van der Waals surface area contributed by atoms with Gasteiger partial charge in [0, 0.05) is 23.3 Å². The number of ether oxygens (including phenoxy) is 1. The third-order valence-corrected chi connectivity index (χ3v) is 4.83. The zero-order chi connectivity index (χ0) is 16.9. The van der Waals surface area contributed by atoms with Crippen LogP contribution in [0.15, 0.2) is 41.0 Å². The molecule has 2 aromatic rings. The second kappa shape index (κ2) is 7.77. The maximum atomic E-state index is 12.1. The van der Waals surface area contributed by atoms with Crippen molar-refractivity contribution in [2.75, 3.05) is 18.5 Å². The van der Waals surface area contributed by atoms with E-state index in [4.69, 9.17) is 4.74 Å². The molecule has 126 valence electrons. The van der Waals surface area contributed by atoms with Crippen LogP contribution in [0.2, 0.25) is 0 Å². The maximum absolute atomic E-state index is 12.1. The number of carbonyl (C=O) groups excluding carboxylic acids is 1. The fourth-order valence-corrected chi connectivity index (χ4v) is 2.92. The number of aryl methyl sites for hydroxylation is 1. The normalized spacial score (nSPS) is 16.8. The van der Waals surface area contributed by atoms with E-state index in [1.807, 2.05) is 31.2 Å². The summed E-state index contributed by atoms with van der Waals surface area (Å²) in [4.78, 5) is 16.3. The summed E-state index contributed by atoms with van der Waals surface area (Å²) in [5.74, 6) is -0.171. The summed E-state index contributed by atoms with van der Waals surface area (Å²) in [6, 6.07) is 9.62. The fourth-order valence-electron chi connectivity index (χ4n) is 2.54. The number of carbonyl (C=O) groups is 1. The van der Waals surface area contributed by atoms with Crippen LogP contribution in [-0.2, 0) is 4.74 Å². The van der Waals surface area contributed by atoms with Crippen molar-refractivity contribution in [1.29, 1.82) is 0 Å². The number of rotatable bonds is 5. The molecule has 0 radical (unpaired) electrons. The minimum Gasteiger partial charge on any atom is -0.376 e. The quantitative estimate of drug-likeness (QED) is 0.815. The van der Waals surface area contributed by atoms with E-state index in [0.29, 0.717) is 12.2 Å². The molecular weight excluding hydrogens is 370 g/mol. The summed E-state index contributed by atoms with van der Waals surface area (Å²) in [6.07, 6.45) is 3.86. The Morgan fingerprint density at radius 2 is 2.17 bits per heavy atom. The van der Waals surface area contributed by atoms with Crippen LogP contribution < -0.4 is 10.6 Å². The molecule has 1 saturated heterocycles. The van der Waals surface area contributed by atoms with Crippen molar-refractivity contribution in [3.05, 3.63) is 52.3 Å². The van der Waals surface area contributed by atoms with Crippen LogP contribution in [0.3, 0.4) is 0 Å². The molecule has 0 aliphatic carbocycles. The van der Waals surface area contributed by atoms with Crippen molar-refractivity contribution in [3.8, 4) is 0 Å². The Morgan fingerprint density at radius 1 is 1.33 bits per heavy atom. The van der Waals surface area contributed by atoms with E-state index in [-0.39, 0.29) is 12.0 Å². The summed E-state index contributed by atoms with van der Waals surface area (Å²) < 4.78 is 6.54. The zero-order valence-electron chi connectivity index (χ0n) is 13.5. The number of amides is 1. The number of anilines is 2. The first kappa shape index (κ1) is 16.9. The van der Waals surface area contributed by atoms with Crippen molar-refractivity contribution < 1.29 is 9.53 Å². The van der Waals surface area contributed by atoms with Gasteiger partial charge in [-0.2, -0.15) is 0 Å². The van der Waals surface area contributed by atoms with Gasteiger partial charge in [-0.15, -0.1) is 0 Å². The highest BCUT2D eigenvalue weighted by Crippen LogP contribution is 2.23. The number of hydrogen-bond donors (Lipinski definition) is 2. The molecule has 1 fully saturated rings. The topological polar surface area (TPSA) is 63.2 Å². The van der Waals surface area contributed by atoms with E-state index in [1.165, 1.54) is 5.56 Å². The van der Waals surface area contributed by atoms with Gasteiger partial charge in [0.15, 0.2) is 0 Å². The van der Waals surface area contributed by atoms with Crippen LogP contribution in [0.4, 0.5) is 11.4 Å². The second-order valence-electron chi connectivity index (χ2n) is 5.87. The van der Waals surface area contributed by atoms with Crippen LogP contribution >= 0.6 is 15.9 Å². The Balaban J connectivity index is 1.57. The largest absolute Gasteiger partial charge is 0.376 e. The molecule has 0 spiro atoms. The van der Waals surface area contributed by atoms with Crippen molar-refractivity contribution in [1.82, 2.24) is 10.3 Å². The summed E-state index contributed by atoms with van der Waals surface area (Å²) in [5.41, 5.74) is 3.38. The first-order valence-electron chi connectivity index (χ1n) is 8.01. The zero-order valence-corrected chi connectivity index (χ0v) is 15.1. The van der Waals surface area contributed by atoms with Gasteiger partial charge in [-0.1, -0.05) is 22.0 Å². The first-order chi connectivity index (χ1) is 11.6. The van der Waals surface area contributed by atoms with E-state index < -0.39 is 0 Å². The van der Waals surface area contributed by atoms with Gasteiger partial charge in [0.1, 0.15) is 5.69 Å². The summed E-state index contributed by atoms with van der Waals surface area (Å²) in [5, 5.41) is 6.14. The Kier molecular flexibility index (Phi) is 5.48. The number of nitrogens with one attached hydrogen (secondary N) is 2. The lowest BCUT2D eigenvalue weighted by atomic mass is 10.2. The summed E-state index contributed by atoms with van der Waals surface area (Å²) in [6.45, 7) is 3.37. The van der Waals surface area contributed by atoms with E-state index >= 15 is 0 Å². The maximum Gasteiger partial charge on any atom is 0.269 e. The molecule has 2 N–H and O–H groups in total. The Hall–Kier alpha value is -1.92. The van der Waals surface area contributed by atoms with E-state index in [2.05, 4.69) is 31.5 Å². The smallest absolute Gasteiger partial charge is 0.269 e. The van der Waals surface area contributed by atoms with Gasteiger partial charge in [0.05, 0.1) is 18.0 Å². The molecule has 1 amide bonds. The Labute approximate surface area is 149 Å². The molecule has 5 nitrogen and oxygen atoms in total. The minimum absolute atomic E-state index is 0.134. The van der Waals surface area contributed by atoms with Crippen molar-refractivity contribution in [2.24, 2.45) is 0 Å². The van der Waals surface area contributed by atoms with Gasteiger partial charge >= 0.3 is 0 Å².